The molecule has 0 N–H and O–H groups in total. The number of carbonyl (C=O) groups is 1. The third-order valence-corrected chi connectivity index (χ3v) is 4.76. The number of aryl methyl sites for hydroxylation is 1. The summed E-state index contributed by atoms with van der Waals surface area (Å²) in [4.78, 5) is 18.0. The lowest BCUT2D eigenvalue weighted by molar-refractivity contribution is -0.128. The van der Waals surface area contributed by atoms with Crippen LogP contribution in [0.25, 0.3) is 11.0 Å². The van der Waals surface area contributed by atoms with E-state index < -0.39 is 0 Å². The zero-order valence-electron chi connectivity index (χ0n) is 15.7. The number of aromatic nitrogens is 2. The summed E-state index contributed by atoms with van der Waals surface area (Å²) in [5, 5.41) is 0.706. The molecular weight excluding hydrogens is 362 g/mol. The molecule has 0 aliphatic carbocycles. The van der Waals surface area contributed by atoms with Crippen LogP contribution in [0.4, 0.5) is 0 Å². The van der Waals surface area contributed by atoms with E-state index in [1.807, 2.05) is 42.5 Å². The molecule has 0 unspecified atom stereocenters. The number of halogens is 1. The predicted molar refractivity (Wildman–Crippen MR) is 108 cm³/mol. The molecule has 1 heterocycles. The Balaban J connectivity index is 1.61. The van der Waals surface area contributed by atoms with Crippen molar-refractivity contribution in [2.75, 3.05) is 13.7 Å². The van der Waals surface area contributed by atoms with Gasteiger partial charge in [-0.3, -0.25) is 4.79 Å². The average Bonchev–Trinajstić information content (AvgIpc) is 3.00. The molecule has 2 aromatic carbocycles. The fourth-order valence-electron chi connectivity index (χ4n) is 2.91. The summed E-state index contributed by atoms with van der Waals surface area (Å²) in [6, 6.07) is 15.5. The molecule has 0 aliphatic heterocycles. The smallest absolute Gasteiger partial charge is 0.219 e. The Kier molecular flexibility index (Phi) is 6.35. The summed E-state index contributed by atoms with van der Waals surface area (Å²) in [6.07, 6.45) is 1.89. The van der Waals surface area contributed by atoms with E-state index >= 15 is 0 Å². The summed E-state index contributed by atoms with van der Waals surface area (Å²) >= 11 is 5.88. The molecule has 5 nitrogen and oxygen atoms in total. The van der Waals surface area contributed by atoms with Gasteiger partial charge in [0.1, 0.15) is 11.6 Å². The third kappa shape index (κ3) is 5.01. The van der Waals surface area contributed by atoms with Crippen LogP contribution >= 0.6 is 11.6 Å². The normalized spacial score (nSPS) is 10.9. The van der Waals surface area contributed by atoms with Gasteiger partial charge in [0.25, 0.3) is 0 Å². The zero-order valence-corrected chi connectivity index (χ0v) is 16.4. The molecule has 0 saturated carbocycles. The van der Waals surface area contributed by atoms with E-state index in [0.717, 1.165) is 42.0 Å². The van der Waals surface area contributed by atoms with Crippen LogP contribution in [0.5, 0.6) is 5.75 Å². The van der Waals surface area contributed by atoms with Crippen LogP contribution in [0, 0.1) is 0 Å². The van der Waals surface area contributed by atoms with E-state index in [1.54, 1.807) is 18.9 Å². The van der Waals surface area contributed by atoms with E-state index in [4.69, 9.17) is 21.3 Å². The van der Waals surface area contributed by atoms with Crippen LogP contribution in [-0.2, 0) is 17.9 Å². The number of rotatable bonds is 8. The van der Waals surface area contributed by atoms with Crippen LogP contribution in [0.3, 0.4) is 0 Å². The highest BCUT2D eigenvalue weighted by Crippen LogP contribution is 2.19. The maximum absolute atomic E-state index is 11.6. The number of imidazole rings is 1. The lowest BCUT2D eigenvalue weighted by Gasteiger charge is -2.16. The number of ether oxygens (including phenoxy) is 1. The first-order valence-corrected chi connectivity index (χ1v) is 9.46. The Labute approximate surface area is 164 Å². The Hall–Kier alpha value is -2.53. The van der Waals surface area contributed by atoms with Crippen LogP contribution < -0.4 is 4.74 Å². The molecule has 3 aromatic rings. The molecule has 0 saturated heterocycles. The first kappa shape index (κ1) is 19.2. The lowest BCUT2D eigenvalue weighted by Crippen LogP contribution is -2.25. The van der Waals surface area contributed by atoms with Gasteiger partial charge in [0, 0.05) is 25.5 Å². The van der Waals surface area contributed by atoms with E-state index in [9.17, 15) is 4.79 Å². The van der Waals surface area contributed by atoms with Crippen molar-refractivity contribution in [3.63, 3.8) is 0 Å². The molecule has 0 radical (unpaired) electrons. The Morgan fingerprint density at radius 2 is 1.89 bits per heavy atom. The number of para-hydroxylation sites is 2. The SMILES string of the molecule is CC(=O)N(C)Cc1nc2ccccc2n1CCCCOc1ccc(Cl)cc1. The summed E-state index contributed by atoms with van der Waals surface area (Å²) in [6.45, 7) is 3.56. The van der Waals surface area contributed by atoms with E-state index in [1.165, 1.54) is 0 Å². The molecule has 0 spiro atoms. The number of nitrogens with zero attached hydrogens (tertiary/aromatic N) is 3. The molecule has 3 rings (SSSR count). The first-order chi connectivity index (χ1) is 13.0. The van der Waals surface area contributed by atoms with Crippen LogP contribution in [0.15, 0.2) is 48.5 Å². The van der Waals surface area contributed by atoms with Crippen molar-refractivity contribution in [1.29, 1.82) is 0 Å². The maximum Gasteiger partial charge on any atom is 0.219 e. The molecule has 0 atom stereocenters. The maximum atomic E-state index is 11.6. The van der Waals surface area contributed by atoms with Gasteiger partial charge in [-0.2, -0.15) is 0 Å². The molecule has 1 aromatic heterocycles. The average molecular weight is 386 g/mol. The van der Waals surface area contributed by atoms with Crippen molar-refractivity contribution in [3.05, 3.63) is 59.4 Å². The van der Waals surface area contributed by atoms with Crippen molar-refractivity contribution in [2.45, 2.75) is 32.9 Å². The fourth-order valence-corrected chi connectivity index (χ4v) is 3.04. The van der Waals surface area contributed by atoms with E-state index in [2.05, 4.69) is 10.6 Å². The highest BCUT2D eigenvalue weighted by molar-refractivity contribution is 6.30. The largest absolute Gasteiger partial charge is 0.494 e. The Morgan fingerprint density at radius 3 is 2.63 bits per heavy atom. The monoisotopic (exact) mass is 385 g/mol. The van der Waals surface area contributed by atoms with Gasteiger partial charge in [0.05, 0.1) is 24.2 Å². The third-order valence-electron chi connectivity index (χ3n) is 4.51. The molecule has 0 bridgehead atoms. The number of fused-ring (bicyclic) bond motifs is 1. The summed E-state index contributed by atoms with van der Waals surface area (Å²) in [7, 11) is 1.80. The van der Waals surface area contributed by atoms with Crippen molar-refractivity contribution in [2.24, 2.45) is 0 Å². The number of hydrogen-bond acceptors (Lipinski definition) is 3. The number of hydrogen-bond donors (Lipinski definition) is 0. The fraction of sp³-hybridized carbons (Fsp3) is 0.333. The van der Waals surface area contributed by atoms with Gasteiger partial charge in [-0.15, -0.1) is 0 Å². The summed E-state index contributed by atoms with van der Waals surface area (Å²) in [5.74, 6) is 1.77. The van der Waals surface area contributed by atoms with Gasteiger partial charge < -0.3 is 14.2 Å². The van der Waals surface area contributed by atoms with Crippen molar-refractivity contribution in [1.82, 2.24) is 14.5 Å². The lowest BCUT2D eigenvalue weighted by atomic mass is 10.3. The minimum Gasteiger partial charge on any atom is -0.494 e. The molecular formula is C21H24ClN3O2. The van der Waals surface area contributed by atoms with Gasteiger partial charge in [-0.25, -0.2) is 4.98 Å². The van der Waals surface area contributed by atoms with Crippen LogP contribution in [-0.4, -0.2) is 34.0 Å². The van der Waals surface area contributed by atoms with Gasteiger partial charge in [0.15, 0.2) is 0 Å². The summed E-state index contributed by atoms with van der Waals surface area (Å²) in [5.41, 5.74) is 2.06. The Bertz CT molecular complexity index is 905. The van der Waals surface area contributed by atoms with E-state index in [-0.39, 0.29) is 5.91 Å². The number of unbranched alkanes of at least 4 members (excludes halogenated alkanes) is 1. The topological polar surface area (TPSA) is 47.4 Å². The van der Waals surface area contributed by atoms with Crippen molar-refractivity contribution < 1.29 is 9.53 Å². The van der Waals surface area contributed by atoms with Crippen molar-refractivity contribution in [3.8, 4) is 5.75 Å². The van der Waals surface area contributed by atoms with Crippen LogP contribution in [0.1, 0.15) is 25.6 Å². The van der Waals surface area contributed by atoms with Gasteiger partial charge in [-0.05, 0) is 49.2 Å². The molecule has 27 heavy (non-hydrogen) atoms. The quantitative estimate of drug-likeness (QED) is 0.535. The minimum absolute atomic E-state index is 0.0324. The first-order valence-electron chi connectivity index (χ1n) is 9.09. The van der Waals surface area contributed by atoms with Crippen molar-refractivity contribution >= 4 is 28.5 Å². The van der Waals surface area contributed by atoms with Crippen LogP contribution in [0.2, 0.25) is 5.02 Å². The summed E-state index contributed by atoms with van der Waals surface area (Å²) < 4.78 is 7.96. The second kappa shape index (κ2) is 8.91. The molecule has 0 aliphatic rings. The highest BCUT2D eigenvalue weighted by atomic mass is 35.5. The molecule has 142 valence electrons. The Morgan fingerprint density at radius 1 is 1.15 bits per heavy atom. The second-order valence-electron chi connectivity index (χ2n) is 6.55. The predicted octanol–water partition coefficient (Wildman–Crippen LogP) is 4.53. The number of carbonyl (C=O) groups excluding carboxylic acids is 1. The zero-order chi connectivity index (χ0) is 19.2. The van der Waals surface area contributed by atoms with Gasteiger partial charge in [-0.1, -0.05) is 23.7 Å². The van der Waals surface area contributed by atoms with Gasteiger partial charge in [0.2, 0.25) is 5.91 Å². The van der Waals surface area contributed by atoms with Gasteiger partial charge >= 0.3 is 0 Å². The molecule has 6 heteroatoms. The highest BCUT2D eigenvalue weighted by Gasteiger charge is 2.13. The number of amides is 1. The van der Waals surface area contributed by atoms with E-state index in [0.29, 0.717) is 18.2 Å². The number of benzene rings is 2. The molecule has 1 amide bonds. The standard InChI is InChI=1S/C21H24ClN3O2/c1-16(26)24(2)15-21-23-19-7-3-4-8-20(19)25(21)13-5-6-14-27-18-11-9-17(22)10-12-18/h3-4,7-12H,5-6,13-15H2,1-2H3. The minimum atomic E-state index is 0.0324. The molecule has 0 fully saturated rings. The second-order valence-corrected chi connectivity index (χ2v) is 6.99.